The molecule has 1 unspecified atom stereocenters. The molecule has 1 atom stereocenters. The van der Waals surface area contributed by atoms with Crippen molar-refractivity contribution in [3.05, 3.63) is 41.5 Å². The first-order valence-electron chi connectivity index (χ1n) is 8.02. The molecule has 1 aromatic heterocycles. The summed E-state index contributed by atoms with van der Waals surface area (Å²) in [7, 11) is 0. The van der Waals surface area contributed by atoms with E-state index in [1.54, 1.807) is 13.0 Å². The van der Waals surface area contributed by atoms with Crippen molar-refractivity contribution in [2.75, 3.05) is 6.54 Å². The van der Waals surface area contributed by atoms with Crippen LogP contribution in [0, 0.1) is 12.7 Å². The number of rotatable bonds is 7. The van der Waals surface area contributed by atoms with E-state index in [1.807, 2.05) is 0 Å². The fourth-order valence-electron chi connectivity index (χ4n) is 2.48. The van der Waals surface area contributed by atoms with Crippen molar-refractivity contribution in [2.24, 2.45) is 5.73 Å². The van der Waals surface area contributed by atoms with Crippen molar-refractivity contribution in [3.63, 3.8) is 0 Å². The van der Waals surface area contributed by atoms with E-state index in [9.17, 15) is 14.3 Å². The molecule has 0 spiro atoms. The van der Waals surface area contributed by atoms with Crippen LogP contribution in [-0.2, 0) is 0 Å². The quantitative estimate of drug-likeness (QED) is 0.698. The summed E-state index contributed by atoms with van der Waals surface area (Å²) in [5.74, 6) is -1.06. The molecular formula is C17H24ClFN4O2. The van der Waals surface area contributed by atoms with Gasteiger partial charge in [-0.1, -0.05) is 19.8 Å². The number of aromatic hydroxyl groups is 1. The minimum Gasteiger partial charge on any atom is -0.504 e. The number of nitrogens with two attached hydrogens (primary N) is 1. The largest absolute Gasteiger partial charge is 0.504 e. The average molecular weight is 371 g/mol. The SMILES string of the molecule is CCCCC(CN)NC(=O)c1nn(-c2ccc(F)cc2C)cc1O.Cl. The Bertz CT molecular complexity index is 721. The summed E-state index contributed by atoms with van der Waals surface area (Å²) in [6, 6.07) is 4.05. The third-order valence-corrected chi connectivity index (χ3v) is 3.84. The number of carbonyl (C=O) groups is 1. The predicted molar refractivity (Wildman–Crippen MR) is 97.0 cm³/mol. The van der Waals surface area contributed by atoms with Gasteiger partial charge in [0.15, 0.2) is 11.4 Å². The number of amides is 1. The van der Waals surface area contributed by atoms with Gasteiger partial charge in [0.1, 0.15) is 5.82 Å². The molecule has 25 heavy (non-hydrogen) atoms. The van der Waals surface area contributed by atoms with E-state index in [0.717, 1.165) is 19.3 Å². The minimum absolute atomic E-state index is 0. The number of carbonyl (C=O) groups excluding carboxylic acids is 1. The Morgan fingerprint density at radius 3 is 2.80 bits per heavy atom. The summed E-state index contributed by atoms with van der Waals surface area (Å²) >= 11 is 0. The van der Waals surface area contributed by atoms with Crippen LogP contribution in [0.4, 0.5) is 4.39 Å². The maximum atomic E-state index is 13.2. The van der Waals surface area contributed by atoms with Gasteiger partial charge in [-0.2, -0.15) is 5.10 Å². The molecule has 1 aromatic carbocycles. The van der Waals surface area contributed by atoms with Gasteiger partial charge in [-0.25, -0.2) is 9.07 Å². The van der Waals surface area contributed by atoms with Crippen molar-refractivity contribution < 1.29 is 14.3 Å². The van der Waals surface area contributed by atoms with E-state index < -0.39 is 5.91 Å². The fraction of sp³-hybridized carbons (Fsp3) is 0.412. The lowest BCUT2D eigenvalue weighted by atomic mass is 10.1. The van der Waals surface area contributed by atoms with Gasteiger partial charge in [-0.3, -0.25) is 4.79 Å². The van der Waals surface area contributed by atoms with Gasteiger partial charge in [0.25, 0.3) is 5.91 Å². The number of hydrogen-bond acceptors (Lipinski definition) is 4. The summed E-state index contributed by atoms with van der Waals surface area (Å²) in [5, 5.41) is 16.9. The van der Waals surface area contributed by atoms with Gasteiger partial charge in [-0.15, -0.1) is 12.4 Å². The lowest BCUT2D eigenvalue weighted by Gasteiger charge is -2.15. The highest BCUT2D eigenvalue weighted by Crippen LogP contribution is 2.21. The predicted octanol–water partition coefficient (Wildman–Crippen LogP) is 2.69. The molecule has 8 heteroatoms. The van der Waals surface area contributed by atoms with Crippen LogP contribution < -0.4 is 11.1 Å². The van der Waals surface area contributed by atoms with Crippen LogP contribution in [0.15, 0.2) is 24.4 Å². The smallest absolute Gasteiger partial charge is 0.275 e. The first-order valence-corrected chi connectivity index (χ1v) is 8.02. The maximum Gasteiger partial charge on any atom is 0.275 e. The van der Waals surface area contributed by atoms with Crippen LogP contribution in [-0.4, -0.2) is 33.4 Å². The maximum absolute atomic E-state index is 13.2. The number of benzene rings is 1. The summed E-state index contributed by atoms with van der Waals surface area (Å²) in [6.07, 6.45) is 4.07. The molecule has 0 aliphatic rings. The number of hydrogen-bond donors (Lipinski definition) is 3. The van der Waals surface area contributed by atoms with Gasteiger partial charge < -0.3 is 16.2 Å². The molecule has 0 radical (unpaired) electrons. The van der Waals surface area contributed by atoms with Crippen LogP contribution in [0.1, 0.15) is 42.2 Å². The first kappa shape index (κ1) is 20.9. The average Bonchev–Trinajstić information content (AvgIpc) is 2.92. The second-order valence-corrected chi connectivity index (χ2v) is 5.79. The highest BCUT2D eigenvalue weighted by atomic mass is 35.5. The van der Waals surface area contributed by atoms with E-state index in [1.165, 1.54) is 23.0 Å². The van der Waals surface area contributed by atoms with Crippen molar-refractivity contribution in [1.29, 1.82) is 0 Å². The van der Waals surface area contributed by atoms with E-state index in [4.69, 9.17) is 5.73 Å². The van der Waals surface area contributed by atoms with Gasteiger partial charge in [0.2, 0.25) is 0 Å². The number of nitrogens with one attached hydrogen (secondary N) is 1. The Hall–Kier alpha value is -2.12. The molecule has 0 bridgehead atoms. The van der Waals surface area contributed by atoms with E-state index >= 15 is 0 Å². The highest BCUT2D eigenvalue weighted by molar-refractivity contribution is 5.95. The standard InChI is InChI=1S/C17H23FN4O2.ClH/c1-3-4-5-13(9-19)20-17(24)16-15(23)10-22(21-16)14-7-6-12(18)8-11(14)2;/h6-8,10,13,23H,3-5,9,19H2,1-2H3,(H,20,24);1H. The zero-order valence-corrected chi connectivity index (χ0v) is 15.1. The Morgan fingerprint density at radius 1 is 1.48 bits per heavy atom. The molecular weight excluding hydrogens is 347 g/mol. The third kappa shape index (κ3) is 5.17. The molecule has 0 saturated carbocycles. The number of unbranched alkanes of at least 4 members (excludes halogenated alkanes) is 1. The van der Waals surface area contributed by atoms with Crippen LogP contribution in [0.3, 0.4) is 0 Å². The van der Waals surface area contributed by atoms with Crippen molar-refractivity contribution in [2.45, 2.75) is 39.2 Å². The van der Waals surface area contributed by atoms with E-state index in [-0.39, 0.29) is 35.7 Å². The van der Waals surface area contributed by atoms with Gasteiger partial charge in [-0.05, 0) is 37.1 Å². The molecule has 1 amide bonds. The van der Waals surface area contributed by atoms with Gasteiger partial charge in [0.05, 0.1) is 11.9 Å². The van der Waals surface area contributed by atoms with Crippen LogP contribution in [0.2, 0.25) is 0 Å². The summed E-state index contributed by atoms with van der Waals surface area (Å²) in [6.45, 7) is 4.12. The van der Waals surface area contributed by atoms with Crippen LogP contribution >= 0.6 is 12.4 Å². The third-order valence-electron chi connectivity index (χ3n) is 3.84. The van der Waals surface area contributed by atoms with E-state index in [2.05, 4.69) is 17.3 Å². The van der Waals surface area contributed by atoms with Crippen LogP contribution in [0.25, 0.3) is 5.69 Å². The first-order chi connectivity index (χ1) is 11.5. The second-order valence-electron chi connectivity index (χ2n) is 5.79. The van der Waals surface area contributed by atoms with Crippen molar-refractivity contribution >= 4 is 18.3 Å². The zero-order chi connectivity index (χ0) is 17.7. The van der Waals surface area contributed by atoms with Gasteiger partial charge >= 0.3 is 0 Å². The minimum atomic E-state index is -0.474. The van der Waals surface area contributed by atoms with E-state index in [0.29, 0.717) is 17.8 Å². The number of halogens is 2. The Balaban J connectivity index is 0.00000312. The summed E-state index contributed by atoms with van der Waals surface area (Å²) in [5.41, 5.74) is 6.83. The monoisotopic (exact) mass is 370 g/mol. The molecule has 0 saturated heterocycles. The van der Waals surface area contributed by atoms with Crippen LogP contribution in [0.5, 0.6) is 5.75 Å². The Labute approximate surface area is 152 Å². The second kappa shape index (κ2) is 9.39. The zero-order valence-electron chi connectivity index (χ0n) is 14.3. The molecule has 0 aliphatic carbocycles. The molecule has 6 nitrogen and oxygen atoms in total. The number of aromatic nitrogens is 2. The molecule has 138 valence electrons. The molecule has 1 heterocycles. The normalized spacial score (nSPS) is 11.7. The molecule has 4 N–H and O–H groups in total. The number of aryl methyl sites for hydroxylation is 1. The molecule has 0 aliphatic heterocycles. The highest BCUT2D eigenvalue weighted by Gasteiger charge is 2.20. The Kier molecular flexibility index (Phi) is 7.86. The lowest BCUT2D eigenvalue weighted by Crippen LogP contribution is -2.40. The summed E-state index contributed by atoms with van der Waals surface area (Å²) in [4.78, 5) is 12.3. The Morgan fingerprint density at radius 2 is 2.20 bits per heavy atom. The molecule has 2 rings (SSSR count). The lowest BCUT2D eigenvalue weighted by molar-refractivity contribution is 0.0927. The fourth-order valence-corrected chi connectivity index (χ4v) is 2.48. The van der Waals surface area contributed by atoms with Crippen molar-refractivity contribution in [1.82, 2.24) is 15.1 Å². The van der Waals surface area contributed by atoms with Gasteiger partial charge in [0, 0.05) is 12.6 Å². The summed E-state index contributed by atoms with van der Waals surface area (Å²) < 4.78 is 14.6. The molecule has 0 fully saturated rings. The topological polar surface area (TPSA) is 93.2 Å². The number of nitrogens with zero attached hydrogens (tertiary/aromatic N) is 2. The van der Waals surface area contributed by atoms with Crippen molar-refractivity contribution in [3.8, 4) is 11.4 Å². The molecule has 2 aromatic rings.